The number of hydrogen-bond donors (Lipinski definition) is 0. The molecule has 3 rings (SSSR count). The van der Waals surface area contributed by atoms with Crippen LogP contribution >= 0.6 is 0 Å². The predicted octanol–water partition coefficient (Wildman–Crippen LogP) is 3.14. The van der Waals surface area contributed by atoms with Crippen LogP contribution in [0.1, 0.15) is 16.1 Å². The molecule has 8 heteroatoms. The number of hydrogen-bond acceptors (Lipinski definition) is 3. The van der Waals surface area contributed by atoms with Crippen LogP contribution < -0.4 is 4.74 Å². The van der Waals surface area contributed by atoms with Gasteiger partial charge in [0.1, 0.15) is 17.6 Å². The fourth-order valence-corrected chi connectivity index (χ4v) is 2.29. The van der Waals surface area contributed by atoms with Gasteiger partial charge >= 0.3 is 6.18 Å². The highest BCUT2D eigenvalue weighted by atomic mass is 19.4. The zero-order valence-corrected chi connectivity index (χ0v) is 12.3. The van der Waals surface area contributed by atoms with Gasteiger partial charge in [0.2, 0.25) is 5.88 Å². The summed E-state index contributed by atoms with van der Waals surface area (Å²) in [7, 11) is 0. The Hall–Kier alpha value is -2.64. The average molecular weight is 340 g/mol. The lowest BCUT2D eigenvalue weighted by molar-refractivity contribution is -0.141. The molecule has 1 aromatic heterocycles. The smallest absolute Gasteiger partial charge is 0.433 e. The number of alkyl halides is 3. The summed E-state index contributed by atoms with van der Waals surface area (Å²) in [6, 6.07) is 8.68. The molecule has 2 aromatic rings. The lowest BCUT2D eigenvalue weighted by atomic mass is 10.1. The number of rotatable bonds is 3. The Morgan fingerprint density at radius 3 is 2.54 bits per heavy atom. The molecule has 0 radical (unpaired) electrons. The first-order valence-corrected chi connectivity index (χ1v) is 7.09. The van der Waals surface area contributed by atoms with E-state index in [0.717, 1.165) is 12.1 Å². The Balaban J connectivity index is 1.59. The van der Waals surface area contributed by atoms with E-state index in [1.54, 1.807) is 0 Å². The van der Waals surface area contributed by atoms with Gasteiger partial charge in [-0.05, 0) is 24.3 Å². The zero-order valence-electron chi connectivity index (χ0n) is 12.3. The number of halogens is 4. The summed E-state index contributed by atoms with van der Waals surface area (Å²) in [5.41, 5.74) is -0.822. The molecule has 24 heavy (non-hydrogen) atoms. The molecule has 0 saturated carbocycles. The summed E-state index contributed by atoms with van der Waals surface area (Å²) in [4.78, 5) is 16.9. The molecule has 1 aromatic carbocycles. The second-order valence-corrected chi connectivity index (χ2v) is 5.32. The zero-order chi connectivity index (χ0) is 17.3. The van der Waals surface area contributed by atoms with Crippen molar-refractivity contribution in [2.24, 2.45) is 0 Å². The number of carbonyl (C=O) groups is 1. The molecular formula is C16H12F4N2O2. The van der Waals surface area contributed by atoms with Crippen LogP contribution in [0.3, 0.4) is 0 Å². The van der Waals surface area contributed by atoms with E-state index >= 15 is 0 Å². The minimum Gasteiger partial charge on any atom is -0.471 e. The molecule has 4 nitrogen and oxygen atoms in total. The lowest BCUT2D eigenvalue weighted by Gasteiger charge is -2.38. The van der Waals surface area contributed by atoms with Crippen molar-refractivity contribution in [3.8, 4) is 5.88 Å². The molecule has 2 heterocycles. The standard InChI is InChI=1S/C16H12F4N2O2/c17-11-4-1-3-10(7-11)15(23)22-8-12(9-22)24-14-6-2-5-13(21-14)16(18,19)20/h1-7,12H,8-9H2. The van der Waals surface area contributed by atoms with Crippen LogP contribution in [0.15, 0.2) is 42.5 Å². The monoisotopic (exact) mass is 340 g/mol. The second kappa shape index (κ2) is 6.10. The average Bonchev–Trinajstić information content (AvgIpc) is 2.49. The van der Waals surface area contributed by atoms with Crippen molar-refractivity contribution in [3.63, 3.8) is 0 Å². The van der Waals surface area contributed by atoms with E-state index < -0.39 is 23.8 Å². The van der Waals surface area contributed by atoms with Gasteiger partial charge in [0.15, 0.2) is 0 Å². The van der Waals surface area contributed by atoms with Gasteiger partial charge in [-0.15, -0.1) is 0 Å². The molecule has 0 atom stereocenters. The van der Waals surface area contributed by atoms with Gasteiger partial charge in [-0.3, -0.25) is 4.79 Å². The maximum Gasteiger partial charge on any atom is 0.433 e. The number of nitrogens with zero attached hydrogens (tertiary/aromatic N) is 2. The SMILES string of the molecule is O=C(c1cccc(F)c1)N1CC(Oc2cccc(C(F)(F)F)n2)C1. The van der Waals surface area contributed by atoms with Gasteiger partial charge in [-0.1, -0.05) is 12.1 Å². The molecule has 0 unspecified atom stereocenters. The van der Waals surface area contributed by atoms with Crippen LogP contribution in [0.4, 0.5) is 17.6 Å². The van der Waals surface area contributed by atoms with Crippen LogP contribution in [-0.2, 0) is 6.18 Å². The number of amides is 1. The largest absolute Gasteiger partial charge is 0.471 e. The van der Waals surface area contributed by atoms with Crippen molar-refractivity contribution >= 4 is 5.91 Å². The van der Waals surface area contributed by atoms with E-state index in [0.29, 0.717) is 0 Å². The summed E-state index contributed by atoms with van der Waals surface area (Å²) >= 11 is 0. The number of aromatic nitrogens is 1. The van der Waals surface area contributed by atoms with Crippen LogP contribution in [0.25, 0.3) is 0 Å². The van der Waals surface area contributed by atoms with Crippen molar-refractivity contribution in [1.29, 1.82) is 0 Å². The van der Waals surface area contributed by atoms with Crippen molar-refractivity contribution in [1.82, 2.24) is 9.88 Å². The Morgan fingerprint density at radius 2 is 1.88 bits per heavy atom. The predicted molar refractivity (Wildman–Crippen MR) is 76.0 cm³/mol. The highest BCUT2D eigenvalue weighted by molar-refractivity contribution is 5.94. The summed E-state index contributed by atoms with van der Waals surface area (Å²) in [6.45, 7) is 0.403. The van der Waals surface area contributed by atoms with E-state index in [2.05, 4.69) is 4.98 Å². The molecule has 0 bridgehead atoms. The van der Waals surface area contributed by atoms with Crippen LogP contribution in [0.5, 0.6) is 5.88 Å². The van der Waals surface area contributed by atoms with Crippen LogP contribution in [0, 0.1) is 5.82 Å². The van der Waals surface area contributed by atoms with Crippen molar-refractivity contribution in [2.45, 2.75) is 12.3 Å². The van der Waals surface area contributed by atoms with E-state index in [-0.39, 0.29) is 30.4 Å². The molecule has 1 fully saturated rings. The van der Waals surface area contributed by atoms with Crippen molar-refractivity contribution in [3.05, 3.63) is 59.5 Å². The highest BCUT2D eigenvalue weighted by Crippen LogP contribution is 2.29. The lowest BCUT2D eigenvalue weighted by Crippen LogP contribution is -2.56. The number of likely N-dealkylation sites (tertiary alicyclic amines) is 1. The molecule has 0 spiro atoms. The first-order valence-electron chi connectivity index (χ1n) is 7.09. The quantitative estimate of drug-likeness (QED) is 0.806. The number of ether oxygens (including phenoxy) is 1. The molecule has 1 aliphatic heterocycles. The first-order chi connectivity index (χ1) is 11.3. The third-order valence-electron chi connectivity index (χ3n) is 3.51. The van der Waals surface area contributed by atoms with E-state index in [1.807, 2.05) is 0 Å². The van der Waals surface area contributed by atoms with Crippen molar-refractivity contribution < 1.29 is 27.1 Å². The first kappa shape index (κ1) is 16.2. The van der Waals surface area contributed by atoms with E-state index in [9.17, 15) is 22.4 Å². The maximum absolute atomic E-state index is 13.1. The number of benzene rings is 1. The fourth-order valence-electron chi connectivity index (χ4n) is 2.29. The Bertz CT molecular complexity index is 758. The summed E-state index contributed by atoms with van der Waals surface area (Å²) in [5.74, 6) is -1.01. The normalized spacial score (nSPS) is 15.1. The molecule has 1 aliphatic rings. The molecule has 1 amide bonds. The third kappa shape index (κ3) is 3.47. The van der Waals surface area contributed by atoms with Crippen LogP contribution in [0.2, 0.25) is 0 Å². The molecular weight excluding hydrogens is 328 g/mol. The molecule has 126 valence electrons. The summed E-state index contributed by atoms with van der Waals surface area (Å²) in [5, 5.41) is 0. The molecule has 0 aliphatic carbocycles. The van der Waals surface area contributed by atoms with E-state index in [1.165, 1.54) is 35.2 Å². The van der Waals surface area contributed by atoms with Gasteiger partial charge in [0.05, 0.1) is 13.1 Å². The van der Waals surface area contributed by atoms with Crippen molar-refractivity contribution in [2.75, 3.05) is 13.1 Å². The van der Waals surface area contributed by atoms with Gasteiger partial charge in [0.25, 0.3) is 5.91 Å². The maximum atomic E-state index is 13.1. The highest BCUT2D eigenvalue weighted by Gasteiger charge is 2.35. The van der Waals surface area contributed by atoms with Gasteiger partial charge in [0, 0.05) is 11.6 Å². The number of pyridine rings is 1. The minimum atomic E-state index is -4.54. The molecule has 0 N–H and O–H groups in total. The summed E-state index contributed by atoms with van der Waals surface area (Å²) in [6.07, 6.45) is -4.99. The van der Waals surface area contributed by atoms with Gasteiger partial charge in [-0.25, -0.2) is 9.37 Å². The Kier molecular flexibility index (Phi) is 4.13. The van der Waals surface area contributed by atoms with Gasteiger partial charge < -0.3 is 9.64 Å². The third-order valence-corrected chi connectivity index (χ3v) is 3.51. The fraction of sp³-hybridized carbons (Fsp3) is 0.250. The topological polar surface area (TPSA) is 42.4 Å². The van der Waals surface area contributed by atoms with Gasteiger partial charge in [-0.2, -0.15) is 13.2 Å². The number of carbonyl (C=O) groups excluding carboxylic acids is 1. The molecule has 1 saturated heterocycles. The van der Waals surface area contributed by atoms with E-state index in [4.69, 9.17) is 4.74 Å². The summed E-state index contributed by atoms with van der Waals surface area (Å²) < 4.78 is 56.2. The Morgan fingerprint density at radius 1 is 1.17 bits per heavy atom. The second-order valence-electron chi connectivity index (χ2n) is 5.32. The minimum absolute atomic E-state index is 0.146. The van der Waals surface area contributed by atoms with Crippen LogP contribution in [-0.4, -0.2) is 35.0 Å². The Labute approximate surface area is 134 Å².